The SMILES string of the molecule is COc1c(N)ncnc1NCCC(N)=O. The summed E-state index contributed by atoms with van der Waals surface area (Å²) in [6, 6.07) is 0. The second kappa shape index (κ2) is 4.99. The van der Waals surface area contributed by atoms with Crippen molar-refractivity contribution in [1.82, 2.24) is 9.97 Å². The zero-order valence-electron chi connectivity index (χ0n) is 8.36. The van der Waals surface area contributed by atoms with Crippen LogP contribution in [0.5, 0.6) is 5.75 Å². The van der Waals surface area contributed by atoms with Crippen molar-refractivity contribution in [1.29, 1.82) is 0 Å². The zero-order chi connectivity index (χ0) is 11.3. The van der Waals surface area contributed by atoms with E-state index in [4.69, 9.17) is 16.2 Å². The predicted molar refractivity (Wildman–Crippen MR) is 55.3 cm³/mol. The molecule has 7 heteroatoms. The van der Waals surface area contributed by atoms with Crippen LogP contribution in [-0.4, -0.2) is 29.5 Å². The lowest BCUT2D eigenvalue weighted by atomic mass is 10.4. The maximum absolute atomic E-state index is 10.5. The van der Waals surface area contributed by atoms with Crippen molar-refractivity contribution >= 4 is 17.5 Å². The molecule has 15 heavy (non-hydrogen) atoms. The number of hydrogen-bond acceptors (Lipinski definition) is 6. The standard InChI is InChI=1S/C8H13N5O2/c1-15-6-7(10)12-4-13-8(6)11-3-2-5(9)14/h4H,2-3H2,1H3,(H2,9,14)(H3,10,11,12,13). The average molecular weight is 211 g/mol. The molecule has 0 aromatic carbocycles. The van der Waals surface area contributed by atoms with Crippen LogP contribution in [0.2, 0.25) is 0 Å². The molecule has 1 aromatic rings. The number of ether oxygens (including phenoxy) is 1. The topological polar surface area (TPSA) is 116 Å². The third-order valence-corrected chi connectivity index (χ3v) is 1.70. The first-order chi connectivity index (χ1) is 7.15. The maximum Gasteiger partial charge on any atom is 0.219 e. The van der Waals surface area contributed by atoms with Crippen molar-refractivity contribution in [3.63, 3.8) is 0 Å². The van der Waals surface area contributed by atoms with E-state index in [1.54, 1.807) is 0 Å². The van der Waals surface area contributed by atoms with E-state index in [9.17, 15) is 4.79 Å². The molecular formula is C8H13N5O2. The Morgan fingerprint density at radius 1 is 1.60 bits per heavy atom. The molecule has 1 amide bonds. The van der Waals surface area contributed by atoms with E-state index < -0.39 is 0 Å². The Morgan fingerprint density at radius 2 is 2.33 bits per heavy atom. The molecule has 0 unspecified atom stereocenters. The number of amides is 1. The Morgan fingerprint density at radius 3 is 2.93 bits per heavy atom. The monoisotopic (exact) mass is 211 g/mol. The summed E-state index contributed by atoms with van der Waals surface area (Å²) in [5.41, 5.74) is 10.5. The number of hydrogen-bond donors (Lipinski definition) is 3. The summed E-state index contributed by atoms with van der Waals surface area (Å²) in [6.45, 7) is 0.377. The first kappa shape index (κ1) is 11.0. The minimum atomic E-state index is -0.386. The van der Waals surface area contributed by atoms with Crippen molar-refractivity contribution in [3.8, 4) is 5.75 Å². The van der Waals surface area contributed by atoms with Gasteiger partial charge in [0.05, 0.1) is 7.11 Å². The molecule has 0 aliphatic heterocycles. The summed E-state index contributed by atoms with van der Waals surface area (Å²) in [5.74, 6) is 0.672. The Hall–Kier alpha value is -2.05. The van der Waals surface area contributed by atoms with Crippen LogP contribution in [0.4, 0.5) is 11.6 Å². The van der Waals surface area contributed by atoms with Gasteiger partial charge in [-0.1, -0.05) is 0 Å². The molecule has 0 aliphatic carbocycles. The molecule has 0 spiro atoms. The maximum atomic E-state index is 10.5. The van der Waals surface area contributed by atoms with Crippen LogP contribution in [0.3, 0.4) is 0 Å². The number of anilines is 2. The molecule has 1 heterocycles. The van der Waals surface area contributed by atoms with E-state index in [0.717, 1.165) is 0 Å². The lowest BCUT2D eigenvalue weighted by Crippen LogP contribution is -2.16. The van der Waals surface area contributed by atoms with Gasteiger partial charge in [0.2, 0.25) is 11.7 Å². The minimum absolute atomic E-state index is 0.215. The Labute approximate surface area is 86.8 Å². The van der Waals surface area contributed by atoms with Gasteiger partial charge in [-0.25, -0.2) is 9.97 Å². The number of nitrogens with two attached hydrogens (primary N) is 2. The summed E-state index contributed by atoms with van der Waals surface area (Å²) in [7, 11) is 1.47. The van der Waals surface area contributed by atoms with Crippen molar-refractivity contribution in [2.45, 2.75) is 6.42 Å². The first-order valence-corrected chi connectivity index (χ1v) is 4.31. The van der Waals surface area contributed by atoms with E-state index in [-0.39, 0.29) is 18.1 Å². The normalized spacial score (nSPS) is 9.67. The number of methoxy groups -OCH3 is 1. The second-order valence-corrected chi connectivity index (χ2v) is 2.78. The lowest BCUT2D eigenvalue weighted by molar-refractivity contribution is -0.117. The number of nitrogens with zero attached hydrogens (tertiary/aromatic N) is 2. The highest BCUT2D eigenvalue weighted by molar-refractivity contribution is 5.74. The van der Waals surface area contributed by atoms with Gasteiger partial charge in [-0.15, -0.1) is 0 Å². The van der Waals surface area contributed by atoms with Gasteiger partial charge >= 0.3 is 0 Å². The van der Waals surface area contributed by atoms with Crippen molar-refractivity contribution in [3.05, 3.63) is 6.33 Å². The van der Waals surface area contributed by atoms with Crippen LogP contribution in [0.1, 0.15) is 6.42 Å². The highest BCUT2D eigenvalue weighted by Gasteiger charge is 2.08. The number of nitrogens with one attached hydrogen (secondary N) is 1. The van der Waals surface area contributed by atoms with Gasteiger partial charge in [0.15, 0.2) is 11.6 Å². The van der Waals surface area contributed by atoms with E-state index in [1.165, 1.54) is 13.4 Å². The number of carbonyl (C=O) groups excluding carboxylic acids is 1. The minimum Gasteiger partial charge on any atom is -0.490 e. The Kier molecular flexibility index (Phi) is 3.67. The summed E-state index contributed by atoms with van der Waals surface area (Å²) in [5, 5.41) is 2.88. The second-order valence-electron chi connectivity index (χ2n) is 2.78. The third kappa shape index (κ3) is 2.97. The van der Waals surface area contributed by atoms with Gasteiger partial charge in [0, 0.05) is 13.0 Å². The summed E-state index contributed by atoms with van der Waals surface area (Å²) < 4.78 is 5.00. The summed E-state index contributed by atoms with van der Waals surface area (Å²) >= 11 is 0. The number of aromatic nitrogens is 2. The molecule has 0 radical (unpaired) electrons. The van der Waals surface area contributed by atoms with Gasteiger partial charge in [-0.3, -0.25) is 4.79 Å². The van der Waals surface area contributed by atoms with Crippen LogP contribution >= 0.6 is 0 Å². The number of carbonyl (C=O) groups is 1. The number of rotatable bonds is 5. The van der Waals surface area contributed by atoms with Gasteiger partial charge in [0.1, 0.15) is 6.33 Å². The predicted octanol–water partition coefficient (Wildman–Crippen LogP) is -0.645. The fraction of sp³-hybridized carbons (Fsp3) is 0.375. The van der Waals surface area contributed by atoms with Crippen molar-refractivity contribution in [2.75, 3.05) is 24.7 Å². The molecule has 0 saturated carbocycles. The van der Waals surface area contributed by atoms with E-state index in [2.05, 4.69) is 15.3 Å². The van der Waals surface area contributed by atoms with E-state index in [0.29, 0.717) is 18.1 Å². The molecule has 0 aliphatic rings. The van der Waals surface area contributed by atoms with Crippen LogP contribution in [0.15, 0.2) is 6.33 Å². The molecule has 7 nitrogen and oxygen atoms in total. The third-order valence-electron chi connectivity index (χ3n) is 1.70. The molecule has 0 fully saturated rings. The molecule has 0 bridgehead atoms. The van der Waals surface area contributed by atoms with Gasteiger partial charge in [-0.2, -0.15) is 0 Å². The highest BCUT2D eigenvalue weighted by Crippen LogP contribution is 2.25. The molecule has 82 valence electrons. The number of primary amides is 1. The summed E-state index contributed by atoms with van der Waals surface area (Å²) in [6.07, 6.45) is 1.53. The summed E-state index contributed by atoms with van der Waals surface area (Å²) in [4.78, 5) is 18.2. The van der Waals surface area contributed by atoms with Gasteiger partial charge < -0.3 is 21.5 Å². The largest absolute Gasteiger partial charge is 0.490 e. The lowest BCUT2D eigenvalue weighted by Gasteiger charge is -2.09. The molecule has 1 rings (SSSR count). The van der Waals surface area contributed by atoms with Crippen LogP contribution in [0.25, 0.3) is 0 Å². The Bertz CT molecular complexity index is 355. The van der Waals surface area contributed by atoms with Crippen molar-refractivity contribution in [2.24, 2.45) is 5.73 Å². The van der Waals surface area contributed by atoms with Crippen molar-refractivity contribution < 1.29 is 9.53 Å². The molecular weight excluding hydrogens is 198 g/mol. The smallest absolute Gasteiger partial charge is 0.219 e. The quantitative estimate of drug-likeness (QED) is 0.596. The molecule has 0 saturated heterocycles. The molecule has 1 aromatic heterocycles. The fourth-order valence-electron chi connectivity index (χ4n) is 1.02. The van der Waals surface area contributed by atoms with E-state index >= 15 is 0 Å². The average Bonchev–Trinajstić information content (AvgIpc) is 2.17. The first-order valence-electron chi connectivity index (χ1n) is 4.31. The van der Waals surface area contributed by atoms with Crippen LogP contribution in [0, 0.1) is 0 Å². The molecule has 5 N–H and O–H groups in total. The van der Waals surface area contributed by atoms with Crippen LogP contribution < -0.4 is 21.5 Å². The zero-order valence-corrected chi connectivity index (χ0v) is 8.36. The number of nitrogen functional groups attached to an aromatic ring is 1. The fourth-order valence-corrected chi connectivity index (χ4v) is 1.02. The van der Waals surface area contributed by atoms with Gasteiger partial charge in [-0.05, 0) is 0 Å². The highest BCUT2D eigenvalue weighted by atomic mass is 16.5. The van der Waals surface area contributed by atoms with E-state index in [1.807, 2.05) is 0 Å². The molecule has 0 atom stereocenters. The van der Waals surface area contributed by atoms with Gasteiger partial charge in [0.25, 0.3) is 0 Å². The Balaban J connectivity index is 2.67. The van der Waals surface area contributed by atoms with Crippen LogP contribution in [-0.2, 0) is 4.79 Å².